The molecule has 1 aliphatic rings. The van der Waals surface area contributed by atoms with Gasteiger partial charge in [-0.1, -0.05) is 12.1 Å². The largest absolute Gasteiger partial charge is 0.367 e. The predicted molar refractivity (Wildman–Crippen MR) is 56.1 cm³/mol. The molecule has 1 heterocycles. The van der Waals surface area contributed by atoms with E-state index in [0.29, 0.717) is 0 Å². The maximum atomic E-state index is 13.4. The molecular formula is C11H15FN2. The molecule has 0 N–H and O–H groups in total. The first kappa shape index (κ1) is 9.46. The standard InChI is InChI=1S/C11H15FN2/c1-13-6-8-14(9-7-13)11-5-3-2-4-10(11)12/h2-5H,6-9H2,1H3. The summed E-state index contributed by atoms with van der Waals surface area (Å²) >= 11 is 0. The van der Waals surface area contributed by atoms with Crippen LogP contribution in [0.4, 0.5) is 10.1 Å². The molecule has 1 aromatic rings. The van der Waals surface area contributed by atoms with Crippen LogP contribution in [0.15, 0.2) is 24.3 Å². The highest BCUT2D eigenvalue weighted by Crippen LogP contribution is 2.19. The first-order valence-electron chi connectivity index (χ1n) is 4.95. The molecule has 0 radical (unpaired) electrons. The van der Waals surface area contributed by atoms with Gasteiger partial charge in [-0.15, -0.1) is 0 Å². The van der Waals surface area contributed by atoms with Crippen molar-refractivity contribution in [1.29, 1.82) is 0 Å². The van der Waals surface area contributed by atoms with Crippen LogP contribution in [0.1, 0.15) is 0 Å². The third-order valence-corrected chi connectivity index (χ3v) is 2.70. The Morgan fingerprint density at radius 1 is 1.07 bits per heavy atom. The second-order valence-corrected chi connectivity index (χ2v) is 3.74. The Balaban J connectivity index is 2.12. The number of piperazine rings is 1. The number of hydrogen-bond acceptors (Lipinski definition) is 2. The number of para-hydroxylation sites is 1. The number of benzene rings is 1. The van der Waals surface area contributed by atoms with Crippen molar-refractivity contribution in [2.45, 2.75) is 0 Å². The van der Waals surface area contributed by atoms with Crippen LogP contribution in [0.25, 0.3) is 0 Å². The summed E-state index contributed by atoms with van der Waals surface area (Å²) in [6.45, 7) is 3.84. The molecule has 0 atom stereocenters. The molecular weight excluding hydrogens is 179 g/mol. The van der Waals surface area contributed by atoms with Crippen molar-refractivity contribution in [2.24, 2.45) is 0 Å². The van der Waals surface area contributed by atoms with E-state index in [9.17, 15) is 4.39 Å². The average molecular weight is 194 g/mol. The van der Waals surface area contributed by atoms with Gasteiger partial charge >= 0.3 is 0 Å². The number of nitrogens with zero attached hydrogens (tertiary/aromatic N) is 2. The third kappa shape index (κ3) is 1.87. The zero-order valence-corrected chi connectivity index (χ0v) is 8.41. The second-order valence-electron chi connectivity index (χ2n) is 3.74. The molecule has 1 aliphatic heterocycles. The van der Waals surface area contributed by atoms with E-state index in [2.05, 4.69) is 16.8 Å². The average Bonchev–Trinajstić information content (AvgIpc) is 2.20. The highest BCUT2D eigenvalue weighted by atomic mass is 19.1. The predicted octanol–water partition coefficient (Wildman–Crippen LogP) is 1.58. The summed E-state index contributed by atoms with van der Waals surface area (Å²) in [5.74, 6) is -0.114. The first-order chi connectivity index (χ1) is 6.77. The van der Waals surface area contributed by atoms with E-state index in [1.54, 1.807) is 6.07 Å². The monoisotopic (exact) mass is 194 g/mol. The Hall–Kier alpha value is -1.09. The zero-order chi connectivity index (χ0) is 9.97. The first-order valence-corrected chi connectivity index (χ1v) is 4.95. The van der Waals surface area contributed by atoms with Crippen LogP contribution in [0.2, 0.25) is 0 Å². The van der Waals surface area contributed by atoms with Gasteiger partial charge < -0.3 is 9.80 Å². The van der Waals surface area contributed by atoms with E-state index in [-0.39, 0.29) is 5.82 Å². The summed E-state index contributed by atoms with van der Waals surface area (Å²) in [4.78, 5) is 4.37. The quantitative estimate of drug-likeness (QED) is 0.669. The molecule has 0 amide bonds. The summed E-state index contributed by atoms with van der Waals surface area (Å²) in [5, 5.41) is 0. The van der Waals surface area contributed by atoms with Gasteiger partial charge in [-0.3, -0.25) is 0 Å². The molecule has 1 saturated heterocycles. The molecule has 2 rings (SSSR count). The Kier molecular flexibility index (Phi) is 2.68. The number of hydrogen-bond donors (Lipinski definition) is 0. The van der Waals surface area contributed by atoms with Gasteiger partial charge in [0.15, 0.2) is 0 Å². The van der Waals surface area contributed by atoms with E-state index in [4.69, 9.17) is 0 Å². The minimum atomic E-state index is -0.114. The maximum absolute atomic E-state index is 13.4. The lowest BCUT2D eigenvalue weighted by Gasteiger charge is -2.34. The Morgan fingerprint density at radius 2 is 1.71 bits per heavy atom. The second kappa shape index (κ2) is 3.96. The molecule has 0 unspecified atom stereocenters. The van der Waals surface area contributed by atoms with Gasteiger partial charge in [-0.2, -0.15) is 0 Å². The van der Waals surface area contributed by atoms with Crippen molar-refractivity contribution in [3.05, 3.63) is 30.1 Å². The minimum Gasteiger partial charge on any atom is -0.367 e. The van der Waals surface area contributed by atoms with Crippen LogP contribution in [0.5, 0.6) is 0 Å². The molecule has 0 bridgehead atoms. The lowest BCUT2D eigenvalue weighted by molar-refractivity contribution is 0.311. The number of rotatable bonds is 1. The van der Waals surface area contributed by atoms with Gasteiger partial charge in [-0.25, -0.2) is 4.39 Å². The van der Waals surface area contributed by atoms with Crippen molar-refractivity contribution in [1.82, 2.24) is 4.90 Å². The zero-order valence-electron chi connectivity index (χ0n) is 8.41. The Morgan fingerprint density at radius 3 is 2.36 bits per heavy atom. The van der Waals surface area contributed by atoms with E-state index < -0.39 is 0 Å². The van der Waals surface area contributed by atoms with Crippen LogP contribution < -0.4 is 4.90 Å². The molecule has 3 heteroatoms. The maximum Gasteiger partial charge on any atom is 0.146 e. The summed E-state index contributed by atoms with van der Waals surface area (Å²) in [6, 6.07) is 6.99. The normalized spacial score (nSPS) is 18.6. The molecule has 0 aliphatic carbocycles. The lowest BCUT2D eigenvalue weighted by atomic mass is 10.2. The van der Waals surface area contributed by atoms with Gasteiger partial charge in [0.1, 0.15) is 5.82 Å². The van der Waals surface area contributed by atoms with E-state index in [1.807, 2.05) is 12.1 Å². The van der Waals surface area contributed by atoms with Gasteiger partial charge in [0.25, 0.3) is 0 Å². The molecule has 1 aromatic carbocycles. The van der Waals surface area contributed by atoms with Crippen molar-refractivity contribution in [3.63, 3.8) is 0 Å². The fourth-order valence-corrected chi connectivity index (χ4v) is 1.76. The summed E-state index contributed by atoms with van der Waals surface area (Å²) in [6.07, 6.45) is 0. The molecule has 0 saturated carbocycles. The smallest absolute Gasteiger partial charge is 0.146 e. The molecule has 1 fully saturated rings. The summed E-state index contributed by atoms with van der Waals surface area (Å²) in [7, 11) is 2.10. The van der Waals surface area contributed by atoms with E-state index in [0.717, 1.165) is 31.9 Å². The fourth-order valence-electron chi connectivity index (χ4n) is 1.76. The number of anilines is 1. The summed E-state index contributed by atoms with van der Waals surface area (Å²) < 4.78 is 13.4. The van der Waals surface area contributed by atoms with Crippen molar-refractivity contribution in [2.75, 3.05) is 38.1 Å². The number of likely N-dealkylation sites (N-methyl/N-ethyl adjacent to an activating group) is 1. The molecule has 14 heavy (non-hydrogen) atoms. The molecule has 0 spiro atoms. The van der Waals surface area contributed by atoms with Gasteiger partial charge in [-0.05, 0) is 19.2 Å². The summed E-state index contributed by atoms with van der Waals surface area (Å²) in [5.41, 5.74) is 0.737. The van der Waals surface area contributed by atoms with E-state index >= 15 is 0 Å². The van der Waals surface area contributed by atoms with Crippen molar-refractivity contribution >= 4 is 5.69 Å². The highest BCUT2D eigenvalue weighted by Gasteiger charge is 2.16. The molecule has 0 aromatic heterocycles. The van der Waals surface area contributed by atoms with Crippen LogP contribution >= 0.6 is 0 Å². The SMILES string of the molecule is CN1CCN(c2ccccc2F)CC1. The number of halogens is 1. The Bertz CT molecular complexity index is 306. The minimum absolute atomic E-state index is 0.114. The van der Waals surface area contributed by atoms with Gasteiger partial charge in [0.05, 0.1) is 5.69 Å². The van der Waals surface area contributed by atoms with Crippen LogP contribution in [0, 0.1) is 5.82 Å². The third-order valence-electron chi connectivity index (χ3n) is 2.70. The topological polar surface area (TPSA) is 6.48 Å². The van der Waals surface area contributed by atoms with Crippen LogP contribution in [0.3, 0.4) is 0 Å². The van der Waals surface area contributed by atoms with Crippen LogP contribution in [-0.2, 0) is 0 Å². The van der Waals surface area contributed by atoms with E-state index in [1.165, 1.54) is 6.07 Å². The van der Waals surface area contributed by atoms with Crippen molar-refractivity contribution in [3.8, 4) is 0 Å². The molecule has 76 valence electrons. The fraction of sp³-hybridized carbons (Fsp3) is 0.455. The van der Waals surface area contributed by atoms with Gasteiger partial charge in [0.2, 0.25) is 0 Å². The highest BCUT2D eigenvalue weighted by molar-refractivity contribution is 5.47. The van der Waals surface area contributed by atoms with Crippen LogP contribution in [-0.4, -0.2) is 38.1 Å². The Labute approximate surface area is 83.9 Å². The van der Waals surface area contributed by atoms with Crippen molar-refractivity contribution < 1.29 is 4.39 Å². The van der Waals surface area contributed by atoms with Gasteiger partial charge in [0, 0.05) is 26.2 Å². The molecule has 2 nitrogen and oxygen atoms in total. The lowest BCUT2D eigenvalue weighted by Crippen LogP contribution is -2.44.